The van der Waals surface area contributed by atoms with Gasteiger partial charge in [0.15, 0.2) is 0 Å². The molecule has 136 valence electrons. The number of rotatable bonds is 7. The molecule has 6 nitrogen and oxygen atoms in total. The van der Waals surface area contributed by atoms with Gasteiger partial charge in [-0.3, -0.25) is 4.79 Å². The Labute approximate surface area is 153 Å². The number of hydrogen-bond donors (Lipinski definition) is 2. The van der Waals surface area contributed by atoms with Crippen LogP contribution >= 0.6 is 0 Å². The first-order chi connectivity index (χ1) is 12.6. The van der Waals surface area contributed by atoms with Gasteiger partial charge in [-0.25, -0.2) is 9.97 Å². The maximum Gasteiger partial charge on any atom is 0.251 e. The summed E-state index contributed by atoms with van der Waals surface area (Å²) in [6.45, 7) is 5.30. The maximum absolute atomic E-state index is 11.1. The van der Waals surface area contributed by atoms with Crippen molar-refractivity contribution in [1.29, 1.82) is 0 Å². The number of amides is 1. The quantitative estimate of drug-likeness (QED) is 0.794. The second kappa shape index (κ2) is 7.03. The van der Waals surface area contributed by atoms with Gasteiger partial charge in [0.05, 0.1) is 5.56 Å². The fraction of sp³-hybridized carbons (Fsp3) is 0.450. The first-order valence-electron chi connectivity index (χ1n) is 9.28. The smallest absolute Gasteiger partial charge is 0.251 e. The summed E-state index contributed by atoms with van der Waals surface area (Å²) in [5.41, 5.74) is 6.99. The van der Waals surface area contributed by atoms with E-state index in [1.807, 2.05) is 0 Å². The van der Waals surface area contributed by atoms with Gasteiger partial charge in [-0.05, 0) is 36.3 Å². The summed E-state index contributed by atoms with van der Waals surface area (Å²) in [7, 11) is 0. The SMILES string of the molecule is CC(CCNC1C2CN(c3ncc(C(N)=O)cn3)CC21)c1ccccc1. The zero-order valence-electron chi connectivity index (χ0n) is 15.0. The van der Waals surface area contributed by atoms with Crippen molar-refractivity contribution in [2.24, 2.45) is 17.6 Å². The van der Waals surface area contributed by atoms with Gasteiger partial charge in [-0.2, -0.15) is 0 Å². The Morgan fingerprint density at radius 3 is 2.50 bits per heavy atom. The van der Waals surface area contributed by atoms with Crippen LogP contribution in [0.4, 0.5) is 5.95 Å². The number of nitrogens with one attached hydrogen (secondary N) is 1. The third kappa shape index (κ3) is 3.42. The minimum atomic E-state index is -0.491. The predicted octanol–water partition coefficient (Wildman–Crippen LogP) is 1.79. The molecule has 1 aliphatic carbocycles. The highest BCUT2D eigenvalue weighted by molar-refractivity contribution is 5.92. The Morgan fingerprint density at radius 2 is 1.88 bits per heavy atom. The average molecular weight is 351 g/mol. The highest BCUT2D eigenvalue weighted by Gasteiger charge is 2.55. The van der Waals surface area contributed by atoms with Crippen LogP contribution in [-0.2, 0) is 0 Å². The summed E-state index contributed by atoms with van der Waals surface area (Å²) in [5, 5.41) is 3.73. The van der Waals surface area contributed by atoms with E-state index in [1.54, 1.807) is 0 Å². The standard InChI is InChI=1S/C20H25N5O/c1-13(14-5-3-2-4-6-14)7-8-22-18-16-11-25(12-17(16)18)20-23-9-15(10-24-20)19(21)26/h2-6,9-10,13,16-18,22H,7-8,11-12H2,1H3,(H2,21,26). The monoisotopic (exact) mass is 351 g/mol. The minimum absolute atomic E-state index is 0.352. The molecule has 3 atom stereocenters. The fourth-order valence-corrected chi connectivity index (χ4v) is 4.02. The van der Waals surface area contributed by atoms with E-state index in [-0.39, 0.29) is 0 Å². The van der Waals surface area contributed by atoms with Crippen molar-refractivity contribution in [3.63, 3.8) is 0 Å². The maximum atomic E-state index is 11.1. The van der Waals surface area contributed by atoms with Crippen LogP contribution in [0.5, 0.6) is 0 Å². The van der Waals surface area contributed by atoms with E-state index >= 15 is 0 Å². The van der Waals surface area contributed by atoms with Crippen LogP contribution in [0.3, 0.4) is 0 Å². The number of fused-ring (bicyclic) bond motifs is 1. The molecule has 26 heavy (non-hydrogen) atoms. The molecule has 1 aliphatic heterocycles. The zero-order valence-corrected chi connectivity index (χ0v) is 15.0. The Hall–Kier alpha value is -2.47. The van der Waals surface area contributed by atoms with Gasteiger partial charge in [0.25, 0.3) is 5.91 Å². The highest BCUT2D eigenvalue weighted by atomic mass is 16.1. The largest absolute Gasteiger partial charge is 0.366 e. The van der Waals surface area contributed by atoms with Crippen molar-refractivity contribution < 1.29 is 4.79 Å². The molecule has 1 saturated heterocycles. The molecule has 0 spiro atoms. The lowest BCUT2D eigenvalue weighted by Crippen LogP contribution is -2.33. The molecule has 1 saturated carbocycles. The number of benzene rings is 1. The number of primary amides is 1. The highest BCUT2D eigenvalue weighted by Crippen LogP contribution is 2.46. The van der Waals surface area contributed by atoms with Crippen molar-refractivity contribution in [1.82, 2.24) is 15.3 Å². The second-order valence-electron chi connectivity index (χ2n) is 7.45. The first-order valence-corrected chi connectivity index (χ1v) is 9.28. The summed E-state index contributed by atoms with van der Waals surface area (Å²) in [6.07, 6.45) is 4.17. The van der Waals surface area contributed by atoms with E-state index in [0.717, 1.165) is 26.1 Å². The lowest BCUT2D eigenvalue weighted by molar-refractivity contribution is 0.0999. The van der Waals surface area contributed by atoms with E-state index in [9.17, 15) is 4.79 Å². The summed E-state index contributed by atoms with van der Waals surface area (Å²) in [4.78, 5) is 21.8. The van der Waals surface area contributed by atoms with Gasteiger partial charge in [0.1, 0.15) is 0 Å². The number of piperidine rings is 1. The van der Waals surface area contributed by atoms with E-state index < -0.39 is 5.91 Å². The van der Waals surface area contributed by atoms with Crippen molar-refractivity contribution in [2.75, 3.05) is 24.5 Å². The molecule has 2 heterocycles. The number of carbonyl (C=O) groups is 1. The van der Waals surface area contributed by atoms with E-state index in [4.69, 9.17) is 5.73 Å². The lowest BCUT2D eigenvalue weighted by Gasteiger charge is -2.20. The number of aromatic nitrogens is 2. The van der Waals surface area contributed by atoms with E-state index in [1.165, 1.54) is 18.0 Å². The molecule has 0 radical (unpaired) electrons. The van der Waals surface area contributed by atoms with Gasteiger partial charge in [0, 0.05) is 31.5 Å². The molecule has 2 aliphatic rings. The fourth-order valence-electron chi connectivity index (χ4n) is 4.02. The van der Waals surface area contributed by atoms with Crippen LogP contribution in [-0.4, -0.2) is 41.6 Å². The van der Waals surface area contributed by atoms with Crippen molar-refractivity contribution >= 4 is 11.9 Å². The lowest BCUT2D eigenvalue weighted by atomic mass is 9.98. The summed E-state index contributed by atoms with van der Waals surface area (Å²) in [6, 6.07) is 11.3. The molecule has 2 aromatic rings. The van der Waals surface area contributed by atoms with Crippen LogP contribution in [0.15, 0.2) is 42.7 Å². The topological polar surface area (TPSA) is 84.1 Å². The first kappa shape index (κ1) is 17.0. The van der Waals surface area contributed by atoms with Crippen LogP contribution in [0.1, 0.15) is 35.2 Å². The molecule has 3 unspecified atom stereocenters. The molecule has 4 rings (SSSR count). The number of nitrogens with zero attached hydrogens (tertiary/aromatic N) is 3. The van der Waals surface area contributed by atoms with Gasteiger partial charge in [-0.15, -0.1) is 0 Å². The van der Waals surface area contributed by atoms with Crippen LogP contribution in [0.2, 0.25) is 0 Å². The molecular formula is C20H25N5O. The van der Waals surface area contributed by atoms with Gasteiger partial charge >= 0.3 is 0 Å². The normalized spacial score (nSPS) is 25.0. The van der Waals surface area contributed by atoms with Crippen LogP contribution < -0.4 is 16.0 Å². The van der Waals surface area contributed by atoms with E-state index in [0.29, 0.717) is 35.3 Å². The van der Waals surface area contributed by atoms with Gasteiger partial charge < -0.3 is 16.0 Å². The molecule has 1 amide bonds. The third-order valence-corrected chi connectivity index (χ3v) is 5.73. The van der Waals surface area contributed by atoms with Crippen molar-refractivity contribution in [3.8, 4) is 0 Å². The number of nitrogens with two attached hydrogens (primary N) is 1. The van der Waals surface area contributed by atoms with Gasteiger partial charge in [0.2, 0.25) is 5.95 Å². The Bertz CT molecular complexity index is 752. The minimum Gasteiger partial charge on any atom is -0.366 e. The van der Waals surface area contributed by atoms with Crippen molar-refractivity contribution in [3.05, 3.63) is 53.9 Å². The van der Waals surface area contributed by atoms with Crippen LogP contribution in [0.25, 0.3) is 0 Å². The average Bonchev–Trinajstić information content (AvgIpc) is 3.11. The second-order valence-corrected chi connectivity index (χ2v) is 7.45. The van der Waals surface area contributed by atoms with E-state index in [2.05, 4.69) is 57.4 Å². The third-order valence-electron chi connectivity index (χ3n) is 5.73. The molecular weight excluding hydrogens is 326 g/mol. The molecule has 6 heteroatoms. The molecule has 3 N–H and O–H groups in total. The van der Waals surface area contributed by atoms with Crippen LogP contribution in [0, 0.1) is 11.8 Å². The van der Waals surface area contributed by atoms with Gasteiger partial charge in [-0.1, -0.05) is 37.3 Å². The van der Waals surface area contributed by atoms with Crippen molar-refractivity contribution in [2.45, 2.75) is 25.3 Å². The summed E-state index contributed by atoms with van der Waals surface area (Å²) < 4.78 is 0. The number of carbonyl (C=O) groups excluding carboxylic acids is 1. The Balaban J connectivity index is 1.22. The Kier molecular flexibility index (Phi) is 4.59. The number of anilines is 1. The Morgan fingerprint density at radius 1 is 1.23 bits per heavy atom. The molecule has 0 bridgehead atoms. The molecule has 2 fully saturated rings. The number of hydrogen-bond acceptors (Lipinski definition) is 5. The zero-order chi connectivity index (χ0) is 18.1. The summed E-state index contributed by atoms with van der Waals surface area (Å²) in [5.74, 6) is 2.15. The molecule has 1 aromatic heterocycles. The summed E-state index contributed by atoms with van der Waals surface area (Å²) >= 11 is 0. The molecule has 1 aromatic carbocycles. The predicted molar refractivity (Wildman–Crippen MR) is 101 cm³/mol.